The van der Waals surface area contributed by atoms with E-state index in [0.717, 1.165) is 10.6 Å². The van der Waals surface area contributed by atoms with Gasteiger partial charge in [-0.3, -0.25) is 0 Å². The minimum absolute atomic E-state index is 0.812. The van der Waals surface area contributed by atoms with Gasteiger partial charge in [0.25, 0.3) is 0 Å². The molecule has 0 bridgehead atoms. The summed E-state index contributed by atoms with van der Waals surface area (Å²) in [5, 5.41) is 16.2. The summed E-state index contributed by atoms with van der Waals surface area (Å²) in [7, 11) is 0. The molecule has 1 heterocycles. The lowest BCUT2D eigenvalue weighted by Crippen LogP contribution is -2.23. The van der Waals surface area contributed by atoms with Gasteiger partial charge in [-0.15, -0.1) is 10.2 Å². The first-order valence-electron chi connectivity index (χ1n) is 3.53. The molecule has 0 unspecified atom stereocenters. The topological polar surface area (TPSA) is 49.4 Å². The molecule has 1 aromatic rings. The van der Waals surface area contributed by atoms with Crippen LogP contribution in [0.5, 0.6) is 0 Å². The number of nitrogens with zero attached hydrogens (tertiary/aromatic N) is 4. The van der Waals surface area contributed by atoms with Gasteiger partial charge in [0.1, 0.15) is 0 Å². The Labute approximate surface area is 68.6 Å². The maximum Gasteiger partial charge on any atom is 0.0948 e. The van der Waals surface area contributed by atoms with Crippen LogP contribution < -0.4 is 10.6 Å². The molecule has 0 radical (unpaired) electrons. The molecule has 12 heavy (non-hydrogen) atoms. The first-order chi connectivity index (χ1) is 5.97. The molecule has 4 nitrogen and oxygen atoms in total. The fourth-order valence-electron chi connectivity index (χ4n) is 0.954. The molecule has 0 amide bonds. The van der Waals surface area contributed by atoms with Gasteiger partial charge in [-0.25, -0.2) is 0 Å². The summed E-state index contributed by atoms with van der Waals surface area (Å²) in [6, 6.07) is 7.68. The molecular formula is C8H6N4. The van der Waals surface area contributed by atoms with Crippen molar-refractivity contribution in [2.75, 3.05) is 0 Å². The average Bonchev–Trinajstić information content (AvgIpc) is 2.06. The Morgan fingerprint density at radius 1 is 1.00 bits per heavy atom. The van der Waals surface area contributed by atoms with E-state index >= 15 is 0 Å². The first kappa shape index (κ1) is 6.84. The minimum Gasteiger partial charge on any atom is -0.137 e. The van der Waals surface area contributed by atoms with Crippen LogP contribution in [0.3, 0.4) is 0 Å². The van der Waals surface area contributed by atoms with Gasteiger partial charge >= 0.3 is 0 Å². The SMILES string of the molecule is C1=N\N=N/N=c2/cccc/c2=C/1. The molecule has 58 valence electrons. The van der Waals surface area contributed by atoms with Gasteiger partial charge in [0, 0.05) is 5.22 Å². The Bertz CT molecular complexity index is 401. The molecular weight excluding hydrogens is 152 g/mol. The van der Waals surface area contributed by atoms with Gasteiger partial charge in [0.15, 0.2) is 0 Å². The van der Waals surface area contributed by atoms with Gasteiger partial charge in [-0.2, -0.15) is 0 Å². The van der Waals surface area contributed by atoms with Crippen LogP contribution in [0, 0.1) is 0 Å². The summed E-state index contributed by atoms with van der Waals surface area (Å²) < 4.78 is 0. The fourth-order valence-corrected chi connectivity index (χ4v) is 0.954. The van der Waals surface area contributed by atoms with Crippen LogP contribution in [-0.4, -0.2) is 6.21 Å². The summed E-state index contributed by atoms with van der Waals surface area (Å²) in [6.07, 6.45) is 3.44. The zero-order valence-electron chi connectivity index (χ0n) is 6.25. The molecule has 0 saturated carbocycles. The van der Waals surface area contributed by atoms with Crippen LogP contribution in [0.15, 0.2) is 44.9 Å². The lowest BCUT2D eigenvalue weighted by atomic mass is 10.3. The van der Waals surface area contributed by atoms with Crippen molar-refractivity contribution < 1.29 is 0 Å². The van der Waals surface area contributed by atoms with Crippen molar-refractivity contribution in [2.24, 2.45) is 20.6 Å². The highest BCUT2D eigenvalue weighted by atomic mass is 15.5. The summed E-state index contributed by atoms with van der Waals surface area (Å²) in [5.41, 5.74) is 0. The Hall–Kier alpha value is -1.84. The molecule has 4 heteroatoms. The van der Waals surface area contributed by atoms with E-state index in [9.17, 15) is 0 Å². The van der Waals surface area contributed by atoms with E-state index in [2.05, 4.69) is 20.6 Å². The molecule has 1 aliphatic rings. The third kappa shape index (κ3) is 1.27. The minimum atomic E-state index is 0.812. The van der Waals surface area contributed by atoms with Crippen LogP contribution in [0.4, 0.5) is 0 Å². The Balaban J connectivity index is 2.80. The van der Waals surface area contributed by atoms with Crippen LogP contribution in [0.25, 0.3) is 6.08 Å². The van der Waals surface area contributed by atoms with Gasteiger partial charge in [0.2, 0.25) is 0 Å². The van der Waals surface area contributed by atoms with Gasteiger partial charge in [-0.05, 0) is 22.6 Å². The second kappa shape index (κ2) is 3.04. The van der Waals surface area contributed by atoms with E-state index in [0.29, 0.717) is 0 Å². The van der Waals surface area contributed by atoms with Crippen molar-refractivity contribution in [3.63, 3.8) is 0 Å². The van der Waals surface area contributed by atoms with Crippen LogP contribution in [-0.2, 0) is 0 Å². The second-order valence-electron chi connectivity index (χ2n) is 2.27. The fraction of sp³-hybridized carbons (Fsp3) is 0. The lowest BCUT2D eigenvalue weighted by molar-refractivity contribution is 0.923. The summed E-state index contributed by atoms with van der Waals surface area (Å²) in [5.74, 6) is 0. The predicted molar refractivity (Wildman–Crippen MR) is 45.0 cm³/mol. The monoisotopic (exact) mass is 158 g/mol. The van der Waals surface area contributed by atoms with E-state index in [1.165, 1.54) is 0 Å². The molecule has 1 aromatic carbocycles. The van der Waals surface area contributed by atoms with Gasteiger partial charge in [-0.1, -0.05) is 18.2 Å². The normalized spacial score (nSPS) is 24.7. The van der Waals surface area contributed by atoms with Crippen LogP contribution in [0.1, 0.15) is 0 Å². The van der Waals surface area contributed by atoms with E-state index < -0.39 is 0 Å². The van der Waals surface area contributed by atoms with Gasteiger partial charge in [0.05, 0.1) is 11.6 Å². The van der Waals surface area contributed by atoms with Gasteiger partial charge < -0.3 is 0 Å². The van der Waals surface area contributed by atoms with Crippen molar-refractivity contribution in [2.45, 2.75) is 0 Å². The number of hydrogen-bond acceptors (Lipinski definition) is 4. The van der Waals surface area contributed by atoms with E-state index in [4.69, 9.17) is 0 Å². The highest BCUT2D eigenvalue weighted by molar-refractivity contribution is 5.90. The highest BCUT2D eigenvalue weighted by Crippen LogP contribution is 1.79. The Morgan fingerprint density at radius 2 is 1.92 bits per heavy atom. The molecule has 0 atom stereocenters. The van der Waals surface area contributed by atoms with E-state index in [1.54, 1.807) is 6.21 Å². The predicted octanol–water partition coefficient (Wildman–Crippen LogP) is 0.453. The van der Waals surface area contributed by atoms with Crippen LogP contribution >= 0.6 is 0 Å². The largest absolute Gasteiger partial charge is 0.137 e. The van der Waals surface area contributed by atoms with E-state index in [-0.39, 0.29) is 0 Å². The Morgan fingerprint density at radius 3 is 2.92 bits per heavy atom. The molecule has 0 saturated heterocycles. The molecule has 0 aromatic heterocycles. The van der Waals surface area contributed by atoms with Crippen molar-refractivity contribution in [3.05, 3.63) is 34.8 Å². The molecule has 0 N–H and O–H groups in total. The number of benzene rings is 1. The standard InChI is InChI=1S/C8H6N4/c1-2-4-8-7(3-1)5-6-9-11-12-10-8/h1-6H/b6-5?,7-5-,9-6-,10-8-,11-9?,12-10?,12-11-. The summed E-state index contributed by atoms with van der Waals surface area (Å²) in [6.45, 7) is 0. The second-order valence-corrected chi connectivity index (χ2v) is 2.27. The smallest absolute Gasteiger partial charge is 0.0948 e. The molecule has 0 fully saturated rings. The van der Waals surface area contributed by atoms with Crippen LogP contribution in [0.2, 0.25) is 0 Å². The molecule has 2 rings (SSSR count). The number of rotatable bonds is 0. The molecule has 1 aliphatic heterocycles. The first-order valence-corrected chi connectivity index (χ1v) is 3.53. The maximum absolute atomic E-state index is 3.86. The lowest BCUT2D eigenvalue weighted by Gasteiger charge is -1.86. The Kier molecular flexibility index (Phi) is 1.74. The zero-order chi connectivity index (χ0) is 8.23. The number of hydrogen-bond donors (Lipinski definition) is 0. The van der Waals surface area contributed by atoms with Crippen molar-refractivity contribution in [1.82, 2.24) is 0 Å². The summed E-state index contributed by atoms with van der Waals surface area (Å²) in [4.78, 5) is 0. The summed E-state index contributed by atoms with van der Waals surface area (Å²) >= 11 is 0. The third-order valence-electron chi connectivity index (χ3n) is 1.50. The highest BCUT2D eigenvalue weighted by Gasteiger charge is 1.84. The maximum atomic E-state index is 3.86. The molecule has 0 aliphatic carbocycles. The average molecular weight is 158 g/mol. The quantitative estimate of drug-likeness (QED) is 0.526. The molecule has 0 spiro atoms. The van der Waals surface area contributed by atoms with E-state index in [1.807, 2.05) is 30.3 Å². The third-order valence-corrected chi connectivity index (χ3v) is 1.50. The van der Waals surface area contributed by atoms with Crippen molar-refractivity contribution in [1.29, 1.82) is 0 Å². The zero-order valence-corrected chi connectivity index (χ0v) is 6.25. The van der Waals surface area contributed by atoms with Crippen molar-refractivity contribution >= 4 is 12.3 Å². The number of fused-ring (bicyclic) bond motifs is 1. The van der Waals surface area contributed by atoms with Crippen molar-refractivity contribution in [3.8, 4) is 0 Å².